The van der Waals surface area contributed by atoms with Crippen molar-refractivity contribution in [3.8, 4) is 90.6 Å². The summed E-state index contributed by atoms with van der Waals surface area (Å²) in [6.07, 6.45) is 9.80. The minimum atomic E-state index is 0.434. The molecule has 0 aliphatic carbocycles. The molecule has 4 aromatic heterocycles. The molecular formula is C54H32N10. The van der Waals surface area contributed by atoms with Crippen molar-refractivity contribution < 1.29 is 0 Å². The summed E-state index contributed by atoms with van der Waals surface area (Å²) in [5, 5.41) is 6.32. The summed E-state index contributed by atoms with van der Waals surface area (Å²) in [6, 6.07) is 54.4. The lowest BCUT2D eigenvalue weighted by Crippen LogP contribution is -2.03. The Balaban J connectivity index is 1.21. The maximum atomic E-state index is 5.25. The van der Waals surface area contributed by atoms with Crippen LogP contribution in [0.2, 0.25) is 0 Å². The van der Waals surface area contributed by atoms with Gasteiger partial charge in [-0.1, -0.05) is 146 Å². The molecule has 10 heteroatoms. The van der Waals surface area contributed by atoms with Gasteiger partial charge in [-0.2, -0.15) is 0 Å². The third-order valence-corrected chi connectivity index (χ3v) is 11.5. The highest BCUT2D eigenvalue weighted by atomic mass is 15.0. The van der Waals surface area contributed by atoms with Crippen LogP contribution >= 0.6 is 0 Å². The summed E-state index contributed by atoms with van der Waals surface area (Å²) in [6.45, 7) is 0. The SMILES string of the molecule is c1ccc(-c2nc(-c3ccccc3)nc(-c3cc(-c4ccccc4)c4ccc5c(-c6nc(-c7cncnc7)nc(-c7cncnc7)n6)cc(-c6ccccc6)c6ccc3c4c65)n2)cc1. The first-order valence-electron chi connectivity index (χ1n) is 20.8. The molecule has 0 N–H and O–H groups in total. The van der Waals surface area contributed by atoms with Crippen LogP contribution in [0.3, 0.4) is 0 Å². The zero-order valence-corrected chi connectivity index (χ0v) is 33.9. The highest BCUT2D eigenvalue weighted by Crippen LogP contribution is 2.48. The van der Waals surface area contributed by atoms with E-state index >= 15 is 0 Å². The van der Waals surface area contributed by atoms with E-state index in [4.69, 9.17) is 29.9 Å². The molecule has 0 unspecified atom stereocenters. The standard InChI is InChI=1S/C54H32N10/c1-5-13-33(14-6-1)43-25-45(53-61-49(35-17-9-3-10-18-35)59-50(62-53)36-19-11-4-12-20-36)41-23-21-40-44(34-15-7-2-8-16-34)26-46(42-24-22-39(43)47(41)48(40)42)54-63-51(37-27-55-31-56-28-37)60-52(64-54)38-29-57-32-58-30-38/h1-32H. The number of aromatic nitrogens is 10. The van der Waals surface area contributed by atoms with Crippen molar-refractivity contribution in [3.05, 3.63) is 195 Å². The van der Waals surface area contributed by atoms with E-state index < -0.39 is 0 Å². The van der Waals surface area contributed by atoms with Gasteiger partial charge in [0.25, 0.3) is 0 Å². The lowest BCUT2D eigenvalue weighted by molar-refractivity contribution is 1.05. The van der Waals surface area contributed by atoms with Gasteiger partial charge in [-0.05, 0) is 66.7 Å². The monoisotopic (exact) mass is 820 g/mol. The van der Waals surface area contributed by atoms with Crippen molar-refractivity contribution in [2.24, 2.45) is 0 Å². The molecular weight excluding hydrogens is 789 g/mol. The average Bonchev–Trinajstić information content (AvgIpc) is 3.39. The van der Waals surface area contributed by atoms with Crippen molar-refractivity contribution in [1.82, 2.24) is 49.8 Å². The zero-order valence-electron chi connectivity index (χ0n) is 33.9. The Bertz CT molecular complexity index is 3280. The Hall–Kier alpha value is -9.02. The molecule has 0 saturated carbocycles. The van der Waals surface area contributed by atoms with Crippen molar-refractivity contribution in [1.29, 1.82) is 0 Å². The molecule has 0 amide bonds. The van der Waals surface area contributed by atoms with E-state index in [2.05, 4.69) is 105 Å². The number of nitrogens with zero attached hydrogens (tertiary/aromatic N) is 10. The Morgan fingerprint density at radius 1 is 0.234 bits per heavy atom. The maximum absolute atomic E-state index is 5.25. The van der Waals surface area contributed by atoms with Gasteiger partial charge in [0.1, 0.15) is 12.7 Å². The molecule has 64 heavy (non-hydrogen) atoms. The Labute approximate surface area is 366 Å². The van der Waals surface area contributed by atoms with E-state index in [1.165, 1.54) is 12.7 Å². The number of hydrogen-bond acceptors (Lipinski definition) is 10. The molecule has 10 nitrogen and oxygen atoms in total. The summed E-state index contributed by atoms with van der Waals surface area (Å²) in [7, 11) is 0. The van der Waals surface area contributed by atoms with Crippen LogP contribution in [0.5, 0.6) is 0 Å². The van der Waals surface area contributed by atoms with Crippen LogP contribution < -0.4 is 0 Å². The number of rotatable bonds is 8. The van der Waals surface area contributed by atoms with Gasteiger partial charge in [-0.25, -0.2) is 49.8 Å². The fraction of sp³-hybridized carbons (Fsp3) is 0. The molecule has 0 radical (unpaired) electrons. The number of benzene rings is 8. The first-order valence-corrected chi connectivity index (χ1v) is 20.8. The summed E-state index contributed by atoms with van der Waals surface area (Å²) >= 11 is 0. The summed E-state index contributed by atoms with van der Waals surface area (Å²) in [4.78, 5) is 47.9. The van der Waals surface area contributed by atoms with Gasteiger partial charge in [0, 0.05) is 47.0 Å². The first kappa shape index (κ1) is 36.8. The Kier molecular flexibility index (Phi) is 8.89. The van der Waals surface area contributed by atoms with Crippen LogP contribution in [0.1, 0.15) is 0 Å². The van der Waals surface area contributed by atoms with Crippen LogP contribution in [-0.2, 0) is 0 Å². The average molecular weight is 821 g/mol. The van der Waals surface area contributed by atoms with Crippen LogP contribution in [0.25, 0.3) is 123 Å². The highest BCUT2D eigenvalue weighted by Gasteiger charge is 2.24. The van der Waals surface area contributed by atoms with E-state index in [0.717, 1.165) is 76.8 Å². The quantitative estimate of drug-likeness (QED) is 0.137. The maximum Gasteiger partial charge on any atom is 0.167 e. The molecule has 0 atom stereocenters. The van der Waals surface area contributed by atoms with E-state index in [9.17, 15) is 0 Å². The minimum absolute atomic E-state index is 0.434. The summed E-state index contributed by atoms with van der Waals surface area (Å²) in [5.41, 5.74) is 9.09. The Morgan fingerprint density at radius 3 is 0.859 bits per heavy atom. The molecule has 0 spiro atoms. The third-order valence-electron chi connectivity index (χ3n) is 11.5. The highest BCUT2D eigenvalue weighted by molar-refractivity contribution is 6.31. The molecule has 12 aromatic rings. The summed E-state index contributed by atoms with van der Waals surface area (Å²) in [5.74, 6) is 3.13. The van der Waals surface area contributed by atoms with Gasteiger partial charge in [0.05, 0.1) is 11.1 Å². The molecule has 4 heterocycles. The molecule has 0 aliphatic rings. The van der Waals surface area contributed by atoms with Crippen molar-refractivity contribution in [2.45, 2.75) is 0 Å². The first-order chi connectivity index (χ1) is 31.7. The van der Waals surface area contributed by atoms with E-state index in [0.29, 0.717) is 46.1 Å². The van der Waals surface area contributed by atoms with Crippen LogP contribution in [0, 0.1) is 0 Å². The van der Waals surface area contributed by atoms with Crippen LogP contribution in [-0.4, -0.2) is 49.8 Å². The molecule has 0 bridgehead atoms. The van der Waals surface area contributed by atoms with Crippen LogP contribution in [0.15, 0.2) is 195 Å². The topological polar surface area (TPSA) is 129 Å². The molecule has 12 rings (SSSR count). The van der Waals surface area contributed by atoms with Gasteiger partial charge in [0.2, 0.25) is 0 Å². The normalized spacial score (nSPS) is 11.4. The van der Waals surface area contributed by atoms with E-state index in [1.807, 2.05) is 72.8 Å². The van der Waals surface area contributed by atoms with Crippen LogP contribution in [0.4, 0.5) is 0 Å². The lowest BCUT2D eigenvalue weighted by Gasteiger charge is -2.21. The molecule has 0 aliphatic heterocycles. The third kappa shape index (κ3) is 6.45. The van der Waals surface area contributed by atoms with Gasteiger partial charge < -0.3 is 0 Å². The largest absolute Gasteiger partial charge is 0.244 e. The number of hydrogen-bond donors (Lipinski definition) is 0. The Morgan fingerprint density at radius 2 is 0.516 bits per heavy atom. The molecule has 0 fully saturated rings. The predicted octanol–water partition coefficient (Wildman–Crippen LogP) is 11.9. The second kappa shape index (κ2) is 15.5. The second-order valence-electron chi connectivity index (χ2n) is 15.3. The van der Waals surface area contributed by atoms with Crippen molar-refractivity contribution >= 4 is 32.3 Å². The fourth-order valence-electron chi connectivity index (χ4n) is 8.59. The van der Waals surface area contributed by atoms with Gasteiger partial charge in [-0.3, -0.25) is 0 Å². The van der Waals surface area contributed by atoms with E-state index in [1.54, 1.807) is 24.8 Å². The minimum Gasteiger partial charge on any atom is -0.244 e. The molecule has 298 valence electrons. The van der Waals surface area contributed by atoms with Gasteiger partial charge in [-0.15, -0.1) is 0 Å². The smallest absolute Gasteiger partial charge is 0.167 e. The van der Waals surface area contributed by atoms with Crippen molar-refractivity contribution in [3.63, 3.8) is 0 Å². The van der Waals surface area contributed by atoms with Gasteiger partial charge in [0.15, 0.2) is 34.9 Å². The summed E-state index contributed by atoms with van der Waals surface area (Å²) < 4.78 is 0. The molecule has 0 saturated heterocycles. The van der Waals surface area contributed by atoms with E-state index in [-0.39, 0.29) is 0 Å². The van der Waals surface area contributed by atoms with Crippen molar-refractivity contribution in [2.75, 3.05) is 0 Å². The van der Waals surface area contributed by atoms with Gasteiger partial charge >= 0.3 is 0 Å². The predicted molar refractivity (Wildman–Crippen MR) is 252 cm³/mol. The lowest BCUT2D eigenvalue weighted by atomic mass is 9.83. The fourth-order valence-corrected chi connectivity index (χ4v) is 8.59. The second-order valence-corrected chi connectivity index (χ2v) is 15.3. The molecule has 8 aromatic carbocycles. The zero-order chi connectivity index (χ0) is 42.4.